The van der Waals surface area contributed by atoms with Crippen LogP contribution in [0.3, 0.4) is 0 Å². The summed E-state index contributed by atoms with van der Waals surface area (Å²) in [6, 6.07) is 7.56. The summed E-state index contributed by atoms with van der Waals surface area (Å²) in [6.07, 6.45) is -0.450. The van der Waals surface area contributed by atoms with E-state index in [1.54, 1.807) is 4.90 Å². The van der Waals surface area contributed by atoms with E-state index in [-0.39, 0.29) is 12.2 Å². The van der Waals surface area contributed by atoms with Crippen molar-refractivity contribution in [3.63, 3.8) is 0 Å². The van der Waals surface area contributed by atoms with E-state index < -0.39 is 5.60 Å². The zero-order chi connectivity index (χ0) is 14.8. The number of carbonyl (C=O) groups is 1. The lowest BCUT2D eigenvalue weighted by molar-refractivity contribution is -0.0432. The summed E-state index contributed by atoms with van der Waals surface area (Å²) in [4.78, 5) is 13.8. The molecule has 1 aromatic carbocycles. The maximum Gasteiger partial charge on any atom is 0.410 e. The summed E-state index contributed by atoms with van der Waals surface area (Å²) in [5.74, 6) is 0. The zero-order valence-electron chi connectivity index (χ0n) is 12.3. The number of hydrogen-bond acceptors (Lipinski definition) is 4. The first-order valence-corrected chi connectivity index (χ1v) is 6.80. The van der Waals surface area contributed by atoms with Gasteiger partial charge in [0.25, 0.3) is 0 Å². The van der Waals surface area contributed by atoms with Crippen LogP contribution >= 0.6 is 0 Å². The molecule has 1 atom stereocenters. The molecule has 2 N–H and O–H groups in total. The van der Waals surface area contributed by atoms with E-state index >= 15 is 0 Å². The predicted molar refractivity (Wildman–Crippen MR) is 77.4 cm³/mol. The number of morpholine rings is 1. The lowest BCUT2D eigenvalue weighted by Crippen LogP contribution is -2.44. The van der Waals surface area contributed by atoms with Crippen molar-refractivity contribution in [2.45, 2.75) is 32.5 Å². The van der Waals surface area contributed by atoms with Crippen molar-refractivity contribution in [2.75, 3.05) is 25.4 Å². The van der Waals surface area contributed by atoms with Gasteiger partial charge < -0.3 is 20.1 Å². The molecule has 5 nitrogen and oxygen atoms in total. The van der Waals surface area contributed by atoms with Crippen molar-refractivity contribution in [3.8, 4) is 0 Å². The number of ether oxygens (including phenoxy) is 2. The maximum atomic E-state index is 12.1. The van der Waals surface area contributed by atoms with Crippen molar-refractivity contribution in [1.29, 1.82) is 0 Å². The van der Waals surface area contributed by atoms with E-state index in [0.717, 1.165) is 5.56 Å². The van der Waals surface area contributed by atoms with Crippen molar-refractivity contribution >= 4 is 11.8 Å². The molecule has 1 aromatic rings. The summed E-state index contributed by atoms with van der Waals surface area (Å²) >= 11 is 0. The Kier molecular flexibility index (Phi) is 4.18. The Balaban J connectivity index is 2.03. The van der Waals surface area contributed by atoms with Crippen molar-refractivity contribution in [3.05, 3.63) is 29.8 Å². The highest BCUT2D eigenvalue weighted by Crippen LogP contribution is 2.24. The van der Waals surface area contributed by atoms with Crippen LogP contribution in [0.4, 0.5) is 10.5 Å². The molecule has 110 valence electrons. The summed E-state index contributed by atoms with van der Waals surface area (Å²) in [6.45, 7) is 7.12. The van der Waals surface area contributed by atoms with E-state index in [2.05, 4.69) is 0 Å². The molecule has 0 spiro atoms. The summed E-state index contributed by atoms with van der Waals surface area (Å²) in [5.41, 5.74) is 6.98. The number of benzene rings is 1. The van der Waals surface area contributed by atoms with Gasteiger partial charge in [-0.15, -0.1) is 0 Å². The van der Waals surface area contributed by atoms with Crippen LogP contribution in [-0.2, 0) is 9.47 Å². The molecule has 2 rings (SSSR count). The number of nitrogen functional groups attached to an aromatic ring is 1. The summed E-state index contributed by atoms with van der Waals surface area (Å²) in [7, 11) is 0. The maximum absolute atomic E-state index is 12.1. The molecule has 0 bridgehead atoms. The van der Waals surface area contributed by atoms with E-state index in [4.69, 9.17) is 15.2 Å². The molecule has 0 aliphatic carbocycles. The summed E-state index contributed by atoms with van der Waals surface area (Å²) < 4.78 is 11.1. The molecule has 5 heteroatoms. The van der Waals surface area contributed by atoms with Crippen LogP contribution in [0.1, 0.15) is 32.4 Å². The first kappa shape index (κ1) is 14.7. The fraction of sp³-hybridized carbons (Fsp3) is 0.533. The quantitative estimate of drug-likeness (QED) is 0.802. The predicted octanol–water partition coefficient (Wildman–Crippen LogP) is 2.58. The largest absolute Gasteiger partial charge is 0.444 e. The Bertz CT molecular complexity index is 482. The van der Waals surface area contributed by atoms with E-state index in [1.165, 1.54) is 0 Å². The summed E-state index contributed by atoms with van der Waals surface area (Å²) in [5, 5.41) is 0. The Morgan fingerprint density at radius 2 is 2.20 bits per heavy atom. The number of nitrogens with two attached hydrogens (primary N) is 1. The second-order valence-electron chi connectivity index (χ2n) is 5.96. The van der Waals surface area contributed by atoms with Gasteiger partial charge in [-0.3, -0.25) is 0 Å². The second kappa shape index (κ2) is 5.71. The highest BCUT2D eigenvalue weighted by molar-refractivity contribution is 5.68. The number of carbonyl (C=O) groups excluding carboxylic acids is 1. The first-order chi connectivity index (χ1) is 9.35. The van der Waals surface area contributed by atoms with Gasteiger partial charge in [-0.1, -0.05) is 12.1 Å². The number of hydrogen-bond donors (Lipinski definition) is 1. The Morgan fingerprint density at radius 3 is 2.85 bits per heavy atom. The third-order valence-electron chi connectivity index (χ3n) is 3.00. The highest BCUT2D eigenvalue weighted by Gasteiger charge is 2.28. The highest BCUT2D eigenvalue weighted by atomic mass is 16.6. The Labute approximate surface area is 119 Å². The van der Waals surface area contributed by atoms with E-state index in [1.807, 2.05) is 45.0 Å². The van der Waals surface area contributed by atoms with Gasteiger partial charge in [0.2, 0.25) is 0 Å². The third-order valence-corrected chi connectivity index (χ3v) is 3.00. The molecule has 0 aromatic heterocycles. The lowest BCUT2D eigenvalue weighted by Gasteiger charge is -2.34. The van der Waals surface area contributed by atoms with Gasteiger partial charge in [0.05, 0.1) is 13.2 Å². The van der Waals surface area contributed by atoms with Gasteiger partial charge >= 0.3 is 6.09 Å². The van der Waals surface area contributed by atoms with Gasteiger partial charge in [0, 0.05) is 12.2 Å². The van der Waals surface area contributed by atoms with Gasteiger partial charge in [-0.25, -0.2) is 4.79 Å². The molecule has 1 heterocycles. The van der Waals surface area contributed by atoms with Gasteiger partial charge in [-0.2, -0.15) is 0 Å². The van der Waals surface area contributed by atoms with Crippen molar-refractivity contribution in [1.82, 2.24) is 4.90 Å². The van der Waals surface area contributed by atoms with Crippen LogP contribution in [0.25, 0.3) is 0 Å². The van der Waals surface area contributed by atoms with Crippen LogP contribution in [0, 0.1) is 0 Å². The molecule has 1 amide bonds. The van der Waals surface area contributed by atoms with Gasteiger partial charge in [0.15, 0.2) is 0 Å². The molecule has 1 aliphatic rings. The lowest BCUT2D eigenvalue weighted by atomic mass is 10.1. The smallest absolute Gasteiger partial charge is 0.410 e. The molecule has 1 aliphatic heterocycles. The van der Waals surface area contributed by atoms with Crippen LogP contribution in [0.5, 0.6) is 0 Å². The average Bonchev–Trinajstić information content (AvgIpc) is 2.37. The number of nitrogens with zero attached hydrogens (tertiary/aromatic N) is 1. The molecule has 1 unspecified atom stereocenters. The molecule has 20 heavy (non-hydrogen) atoms. The minimum atomic E-state index is -0.484. The normalized spacial score (nSPS) is 19.8. The fourth-order valence-corrected chi connectivity index (χ4v) is 2.10. The number of rotatable bonds is 1. The van der Waals surface area contributed by atoms with Crippen LogP contribution < -0.4 is 5.73 Å². The minimum Gasteiger partial charge on any atom is -0.444 e. The first-order valence-electron chi connectivity index (χ1n) is 6.80. The van der Waals surface area contributed by atoms with E-state index in [9.17, 15) is 4.79 Å². The zero-order valence-corrected chi connectivity index (χ0v) is 12.3. The van der Waals surface area contributed by atoms with Crippen molar-refractivity contribution < 1.29 is 14.3 Å². The molecular formula is C15H22N2O3. The minimum absolute atomic E-state index is 0.153. The van der Waals surface area contributed by atoms with E-state index in [0.29, 0.717) is 25.4 Å². The van der Waals surface area contributed by atoms with Gasteiger partial charge in [0.1, 0.15) is 11.7 Å². The molecule has 0 saturated carbocycles. The fourth-order valence-electron chi connectivity index (χ4n) is 2.10. The standard InChI is InChI=1S/C15H22N2O3/c1-15(2,3)20-14(18)17-7-8-19-13(10-17)11-5-4-6-12(16)9-11/h4-6,9,13H,7-8,10,16H2,1-3H3. The average molecular weight is 278 g/mol. The Morgan fingerprint density at radius 1 is 1.45 bits per heavy atom. The SMILES string of the molecule is CC(C)(C)OC(=O)N1CCOC(c2cccc(N)c2)C1. The number of amides is 1. The van der Waals surface area contributed by atoms with Crippen LogP contribution in [0.15, 0.2) is 24.3 Å². The molecule has 1 saturated heterocycles. The molecular weight excluding hydrogens is 256 g/mol. The monoisotopic (exact) mass is 278 g/mol. The second-order valence-corrected chi connectivity index (χ2v) is 5.96. The van der Waals surface area contributed by atoms with Crippen LogP contribution in [0.2, 0.25) is 0 Å². The number of anilines is 1. The van der Waals surface area contributed by atoms with Crippen LogP contribution in [-0.4, -0.2) is 36.3 Å². The third kappa shape index (κ3) is 3.87. The van der Waals surface area contributed by atoms with Crippen molar-refractivity contribution in [2.24, 2.45) is 0 Å². The van der Waals surface area contributed by atoms with Gasteiger partial charge in [-0.05, 0) is 38.5 Å². The topological polar surface area (TPSA) is 64.8 Å². The Hall–Kier alpha value is -1.75. The molecule has 1 fully saturated rings. The molecule has 0 radical (unpaired) electrons.